The fraction of sp³-hybridized carbons (Fsp3) is 0.680. The molecule has 1 aromatic rings. The second kappa shape index (κ2) is 17.2. The Hall–Kier alpha value is -1.35. The van der Waals surface area contributed by atoms with Crippen molar-refractivity contribution >= 4 is 35.8 Å². The fourth-order valence-electron chi connectivity index (χ4n) is 4.14. The van der Waals surface area contributed by atoms with E-state index >= 15 is 0 Å². The van der Waals surface area contributed by atoms with Crippen molar-refractivity contribution in [1.29, 1.82) is 0 Å². The second-order valence-electron chi connectivity index (χ2n) is 8.49. The van der Waals surface area contributed by atoms with Crippen LogP contribution < -0.4 is 10.6 Å². The van der Waals surface area contributed by atoms with Gasteiger partial charge in [0.25, 0.3) is 0 Å². The van der Waals surface area contributed by atoms with Gasteiger partial charge in [0.1, 0.15) is 0 Å². The lowest BCUT2D eigenvalue weighted by atomic mass is 10.1. The first-order valence-corrected chi connectivity index (χ1v) is 12.2. The standard InChI is InChI=1S/C25H43N5O.HI/c1-4-15-29(16-5-2)17-10-14-27-25(26-6-3)28-20-23-19-24(31)30(21-23)18-13-22-11-8-7-9-12-22;/h7-9,11-12,23H,4-6,10,13-21H2,1-3H3,(H2,26,27,28);1H. The van der Waals surface area contributed by atoms with Crippen molar-refractivity contribution in [1.82, 2.24) is 20.4 Å². The van der Waals surface area contributed by atoms with Crippen LogP contribution in [0.4, 0.5) is 0 Å². The molecule has 0 bridgehead atoms. The van der Waals surface area contributed by atoms with Gasteiger partial charge in [0.15, 0.2) is 5.96 Å². The summed E-state index contributed by atoms with van der Waals surface area (Å²) in [5.74, 6) is 1.44. The predicted octanol–water partition coefficient (Wildman–Crippen LogP) is 3.76. The molecule has 1 amide bonds. The monoisotopic (exact) mass is 557 g/mol. The molecule has 1 aliphatic heterocycles. The summed E-state index contributed by atoms with van der Waals surface area (Å²) >= 11 is 0. The molecule has 0 radical (unpaired) electrons. The molecule has 1 unspecified atom stereocenters. The Morgan fingerprint density at radius 2 is 1.81 bits per heavy atom. The van der Waals surface area contributed by atoms with Crippen LogP contribution in [0.5, 0.6) is 0 Å². The molecule has 2 N–H and O–H groups in total. The minimum atomic E-state index is 0. The zero-order valence-corrected chi connectivity index (χ0v) is 22.6. The molecule has 0 aromatic heterocycles. The van der Waals surface area contributed by atoms with Crippen molar-refractivity contribution in [2.24, 2.45) is 10.9 Å². The summed E-state index contributed by atoms with van der Waals surface area (Å²) in [7, 11) is 0. The summed E-state index contributed by atoms with van der Waals surface area (Å²) in [4.78, 5) is 21.7. The van der Waals surface area contributed by atoms with Crippen LogP contribution in [-0.2, 0) is 11.2 Å². The third-order valence-corrected chi connectivity index (χ3v) is 5.68. The number of halogens is 1. The molecule has 1 saturated heterocycles. The van der Waals surface area contributed by atoms with Gasteiger partial charge in [-0.2, -0.15) is 0 Å². The lowest BCUT2D eigenvalue weighted by Gasteiger charge is -2.21. The van der Waals surface area contributed by atoms with E-state index in [-0.39, 0.29) is 29.9 Å². The van der Waals surface area contributed by atoms with Gasteiger partial charge in [0, 0.05) is 45.1 Å². The number of nitrogens with zero attached hydrogens (tertiary/aromatic N) is 3. The van der Waals surface area contributed by atoms with Crippen molar-refractivity contribution in [2.45, 2.75) is 52.9 Å². The third-order valence-electron chi connectivity index (χ3n) is 5.68. The highest BCUT2D eigenvalue weighted by Gasteiger charge is 2.28. The minimum Gasteiger partial charge on any atom is -0.357 e. The average Bonchev–Trinajstić information content (AvgIpc) is 3.13. The number of nitrogens with one attached hydrogen (secondary N) is 2. The number of amides is 1. The van der Waals surface area contributed by atoms with E-state index in [0.717, 1.165) is 51.5 Å². The van der Waals surface area contributed by atoms with E-state index in [9.17, 15) is 4.79 Å². The number of hydrogen-bond acceptors (Lipinski definition) is 3. The summed E-state index contributed by atoms with van der Waals surface area (Å²) in [6.07, 6.45) is 5.06. The normalized spacial score (nSPS) is 16.4. The number of guanidine groups is 1. The highest BCUT2D eigenvalue weighted by atomic mass is 127. The maximum absolute atomic E-state index is 12.4. The highest BCUT2D eigenvalue weighted by molar-refractivity contribution is 14.0. The molecular weight excluding hydrogens is 513 g/mol. The number of hydrogen-bond donors (Lipinski definition) is 2. The lowest BCUT2D eigenvalue weighted by molar-refractivity contribution is -0.127. The van der Waals surface area contributed by atoms with Crippen molar-refractivity contribution in [3.63, 3.8) is 0 Å². The van der Waals surface area contributed by atoms with Gasteiger partial charge in [-0.25, -0.2) is 0 Å². The van der Waals surface area contributed by atoms with E-state index < -0.39 is 0 Å². The first kappa shape index (κ1) is 28.7. The molecule has 7 heteroatoms. The summed E-state index contributed by atoms with van der Waals surface area (Å²) in [6.45, 7) is 14.1. The Kier molecular flexibility index (Phi) is 15.4. The summed E-state index contributed by atoms with van der Waals surface area (Å²) < 4.78 is 0. The van der Waals surface area contributed by atoms with E-state index in [2.05, 4.69) is 60.6 Å². The molecule has 1 aliphatic rings. The van der Waals surface area contributed by atoms with E-state index in [1.807, 2.05) is 11.0 Å². The van der Waals surface area contributed by atoms with Crippen LogP contribution in [0.1, 0.15) is 52.0 Å². The SMILES string of the molecule is CCCN(CCC)CCCNC(=NCC1CC(=O)N(CCc2ccccc2)C1)NCC.I. The minimum absolute atomic E-state index is 0. The number of aliphatic imine (C=N–C) groups is 1. The Labute approximate surface area is 212 Å². The van der Waals surface area contributed by atoms with Gasteiger partial charge in [-0.3, -0.25) is 9.79 Å². The molecule has 1 heterocycles. The first-order valence-electron chi connectivity index (χ1n) is 12.2. The maximum atomic E-state index is 12.4. The van der Waals surface area contributed by atoms with Crippen molar-refractivity contribution in [3.8, 4) is 0 Å². The smallest absolute Gasteiger partial charge is 0.223 e. The quantitative estimate of drug-likeness (QED) is 0.158. The molecule has 1 fully saturated rings. The molecule has 182 valence electrons. The van der Waals surface area contributed by atoms with Gasteiger partial charge >= 0.3 is 0 Å². The largest absolute Gasteiger partial charge is 0.357 e. The Balaban J connectivity index is 0.00000512. The fourth-order valence-corrected chi connectivity index (χ4v) is 4.14. The molecule has 32 heavy (non-hydrogen) atoms. The molecular formula is C25H44IN5O. The molecule has 1 atom stereocenters. The molecule has 0 aliphatic carbocycles. The van der Waals surface area contributed by atoms with Crippen LogP contribution in [0.25, 0.3) is 0 Å². The molecule has 2 rings (SSSR count). The van der Waals surface area contributed by atoms with Gasteiger partial charge in [-0.05, 0) is 57.8 Å². The number of benzene rings is 1. The summed E-state index contributed by atoms with van der Waals surface area (Å²) in [6, 6.07) is 10.4. The first-order chi connectivity index (χ1) is 15.2. The van der Waals surface area contributed by atoms with Gasteiger partial charge in [0.05, 0.1) is 0 Å². The molecule has 6 nitrogen and oxygen atoms in total. The van der Waals surface area contributed by atoms with Crippen LogP contribution in [0.15, 0.2) is 35.3 Å². The van der Waals surface area contributed by atoms with Crippen LogP contribution in [0, 0.1) is 5.92 Å². The van der Waals surface area contributed by atoms with Gasteiger partial charge in [0.2, 0.25) is 5.91 Å². The number of carbonyl (C=O) groups is 1. The lowest BCUT2D eigenvalue weighted by Crippen LogP contribution is -2.39. The summed E-state index contributed by atoms with van der Waals surface area (Å²) in [5, 5.41) is 6.81. The predicted molar refractivity (Wildman–Crippen MR) is 146 cm³/mol. The van der Waals surface area contributed by atoms with Crippen LogP contribution in [0.3, 0.4) is 0 Å². The Morgan fingerprint density at radius 1 is 1.09 bits per heavy atom. The molecule has 0 spiro atoms. The van der Waals surface area contributed by atoms with Crippen molar-refractivity contribution < 1.29 is 4.79 Å². The Morgan fingerprint density at radius 3 is 2.47 bits per heavy atom. The van der Waals surface area contributed by atoms with Crippen molar-refractivity contribution in [3.05, 3.63) is 35.9 Å². The molecule has 0 saturated carbocycles. The number of rotatable bonds is 14. The maximum Gasteiger partial charge on any atom is 0.223 e. The van der Waals surface area contributed by atoms with Crippen LogP contribution in [-0.4, -0.2) is 74.0 Å². The molecule has 1 aromatic carbocycles. The van der Waals surface area contributed by atoms with Gasteiger partial charge in [-0.1, -0.05) is 44.2 Å². The van der Waals surface area contributed by atoms with Gasteiger partial charge < -0.3 is 20.4 Å². The summed E-state index contributed by atoms with van der Waals surface area (Å²) in [5.41, 5.74) is 1.28. The third kappa shape index (κ3) is 11.0. The topological polar surface area (TPSA) is 60.0 Å². The number of carbonyl (C=O) groups excluding carboxylic acids is 1. The van der Waals surface area contributed by atoms with Crippen LogP contribution >= 0.6 is 24.0 Å². The zero-order valence-electron chi connectivity index (χ0n) is 20.3. The van der Waals surface area contributed by atoms with E-state index in [4.69, 9.17) is 4.99 Å². The van der Waals surface area contributed by atoms with Crippen LogP contribution in [0.2, 0.25) is 0 Å². The van der Waals surface area contributed by atoms with Gasteiger partial charge in [-0.15, -0.1) is 24.0 Å². The van der Waals surface area contributed by atoms with E-state index in [0.29, 0.717) is 18.9 Å². The second-order valence-corrected chi connectivity index (χ2v) is 8.49. The van der Waals surface area contributed by atoms with E-state index in [1.165, 1.54) is 31.5 Å². The Bertz CT molecular complexity index is 649. The van der Waals surface area contributed by atoms with Crippen molar-refractivity contribution in [2.75, 3.05) is 52.4 Å². The van der Waals surface area contributed by atoms with E-state index in [1.54, 1.807) is 0 Å². The number of likely N-dealkylation sites (tertiary alicyclic amines) is 1. The highest BCUT2D eigenvalue weighted by Crippen LogP contribution is 2.18. The average molecular weight is 558 g/mol. The zero-order chi connectivity index (χ0) is 22.3.